The number of nitrogens with two attached hydrogens (primary N) is 1. The number of nitrogens with one attached hydrogen (secondary N) is 1. The highest BCUT2D eigenvalue weighted by Crippen LogP contribution is 2.57. The van der Waals surface area contributed by atoms with Crippen molar-refractivity contribution in [2.24, 2.45) is 17.1 Å². The Hall–Kier alpha value is -0.690. The van der Waals surface area contributed by atoms with Gasteiger partial charge in [0.2, 0.25) is 5.91 Å². The Morgan fingerprint density at radius 1 is 1.43 bits per heavy atom. The molecule has 4 N–H and O–H groups in total. The summed E-state index contributed by atoms with van der Waals surface area (Å²) in [6.45, 7) is 5.73. The van der Waals surface area contributed by atoms with Gasteiger partial charge in [-0.15, -0.1) is 0 Å². The number of hydrogen-bond acceptors (Lipinski definition) is 5. The fourth-order valence-corrected chi connectivity index (χ4v) is 4.16. The molecular formula is C15H26N2O4. The topological polar surface area (TPSA) is 93.8 Å². The maximum atomic E-state index is 12.7. The zero-order valence-electron chi connectivity index (χ0n) is 12.9. The predicted octanol–water partition coefficient (Wildman–Crippen LogP) is -0.213. The van der Waals surface area contributed by atoms with Crippen molar-refractivity contribution in [1.29, 1.82) is 0 Å². The Kier molecular flexibility index (Phi) is 3.56. The normalized spacial score (nSPS) is 44.8. The third kappa shape index (κ3) is 2.11. The highest BCUT2D eigenvalue weighted by molar-refractivity contribution is 5.89. The van der Waals surface area contributed by atoms with Gasteiger partial charge in [0.25, 0.3) is 0 Å². The van der Waals surface area contributed by atoms with E-state index in [4.69, 9.17) is 15.2 Å². The van der Waals surface area contributed by atoms with Crippen LogP contribution in [0.1, 0.15) is 33.1 Å². The van der Waals surface area contributed by atoms with Crippen molar-refractivity contribution in [3.63, 3.8) is 0 Å². The fourth-order valence-electron chi connectivity index (χ4n) is 4.16. The van der Waals surface area contributed by atoms with Crippen LogP contribution in [0.15, 0.2) is 0 Å². The maximum Gasteiger partial charge on any atom is 0.241 e. The van der Waals surface area contributed by atoms with E-state index in [0.29, 0.717) is 13.0 Å². The van der Waals surface area contributed by atoms with Gasteiger partial charge in [0.05, 0.1) is 12.7 Å². The lowest BCUT2D eigenvalue weighted by Crippen LogP contribution is -2.82. The average molecular weight is 298 g/mol. The summed E-state index contributed by atoms with van der Waals surface area (Å²) in [6.07, 6.45) is 2.47. The molecule has 4 atom stereocenters. The lowest BCUT2D eigenvalue weighted by Gasteiger charge is -2.65. The number of ether oxygens (including phenoxy) is 2. The van der Waals surface area contributed by atoms with Crippen LogP contribution in [0.5, 0.6) is 0 Å². The van der Waals surface area contributed by atoms with Gasteiger partial charge in [-0.2, -0.15) is 0 Å². The van der Waals surface area contributed by atoms with Gasteiger partial charge in [-0.1, -0.05) is 13.8 Å². The van der Waals surface area contributed by atoms with E-state index in [2.05, 4.69) is 5.32 Å². The first-order valence-electron chi connectivity index (χ1n) is 7.80. The highest BCUT2D eigenvalue weighted by atomic mass is 16.5. The van der Waals surface area contributed by atoms with Gasteiger partial charge < -0.3 is 25.6 Å². The molecule has 120 valence electrons. The second-order valence-corrected chi connectivity index (χ2v) is 7.34. The molecule has 1 amide bonds. The van der Waals surface area contributed by atoms with Crippen molar-refractivity contribution in [2.45, 2.75) is 50.4 Å². The van der Waals surface area contributed by atoms with E-state index >= 15 is 0 Å². The maximum absolute atomic E-state index is 12.7. The van der Waals surface area contributed by atoms with Crippen molar-refractivity contribution in [1.82, 2.24) is 5.32 Å². The lowest BCUT2D eigenvalue weighted by molar-refractivity contribution is -0.225. The van der Waals surface area contributed by atoms with E-state index < -0.39 is 16.6 Å². The number of carbonyl (C=O) groups excluding carboxylic acids is 1. The van der Waals surface area contributed by atoms with E-state index in [1.54, 1.807) is 0 Å². The molecule has 3 rings (SSSR count). The van der Waals surface area contributed by atoms with Crippen LogP contribution in [0.2, 0.25) is 0 Å². The van der Waals surface area contributed by atoms with Crippen LogP contribution in [0.3, 0.4) is 0 Å². The number of amides is 1. The minimum atomic E-state index is -0.956. The minimum absolute atomic E-state index is 0.0555. The summed E-state index contributed by atoms with van der Waals surface area (Å²) in [6, 6.07) is 0. The zero-order chi connectivity index (χ0) is 15.3. The van der Waals surface area contributed by atoms with Gasteiger partial charge in [-0.3, -0.25) is 4.79 Å². The summed E-state index contributed by atoms with van der Waals surface area (Å²) in [5.41, 5.74) is 4.23. The predicted molar refractivity (Wildman–Crippen MR) is 76.6 cm³/mol. The second kappa shape index (κ2) is 4.91. The first kappa shape index (κ1) is 15.2. The van der Waals surface area contributed by atoms with Crippen molar-refractivity contribution in [3.05, 3.63) is 0 Å². The van der Waals surface area contributed by atoms with Crippen LogP contribution < -0.4 is 11.1 Å². The van der Waals surface area contributed by atoms with Crippen LogP contribution in [0.25, 0.3) is 0 Å². The molecule has 2 saturated heterocycles. The largest absolute Gasteiger partial charge is 0.386 e. The van der Waals surface area contributed by atoms with Gasteiger partial charge in [0, 0.05) is 37.5 Å². The molecule has 21 heavy (non-hydrogen) atoms. The monoisotopic (exact) mass is 298 g/mol. The Morgan fingerprint density at radius 2 is 2.19 bits per heavy atom. The molecule has 4 unspecified atom stereocenters. The molecule has 0 aromatic heterocycles. The molecule has 0 bridgehead atoms. The molecule has 1 aliphatic carbocycles. The number of hydrogen-bond donors (Lipinski definition) is 3. The number of carbonyl (C=O) groups is 1. The summed E-state index contributed by atoms with van der Waals surface area (Å²) in [7, 11) is 0. The van der Waals surface area contributed by atoms with Crippen LogP contribution in [0.4, 0.5) is 0 Å². The molecule has 0 aromatic carbocycles. The summed E-state index contributed by atoms with van der Waals surface area (Å²) < 4.78 is 11.0. The van der Waals surface area contributed by atoms with Gasteiger partial charge in [0.1, 0.15) is 11.1 Å². The molecule has 2 heterocycles. The summed E-state index contributed by atoms with van der Waals surface area (Å²) in [5, 5.41) is 13.1. The Balaban J connectivity index is 1.68. The molecule has 6 heteroatoms. The molecule has 0 aromatic rings. The van der Waals surface area contributed by atoms with E-state index in [1.807, 2.05) is 13.8 Å². The number of fused-ring (bicyclic) bond motifs is 1. The molecule has 2 aliphatic heterocycles. The summed E-state index contributed by atoms with van der Waals surface area (Å²) in [5.74, 6) is -0.115. The van der Waals surface area contributed by atoms with Gasteiger partial charge >= 0.3 is 0 Å². The number of aliphatic hydroxyl groups is 1. The van der Waals surface area contributed by atoms with E-state index in [9.17, 15) is 9.90 Å². The second-order valence-electron chi connectivity index (χ2n) is 7.34. The van der Waals surface area contributed by atoms with Gasteiger partial charge in [-0.05, 0) is 12.8 Å². The summed E-state index contributed by atoms with van der Waals surface area (Å²) >= 11 is 0. The van der Waals surface area contributed by atoms with Crippen LogP contribution in [-0.4, -0.2) is 54.6 Å². The zero-order valence-corrected chi connectivity index (χ0v) is 12.9. The van der Waals surface area contributed by atoms with E-state index in [1.165, 1.54) is 0 Å². The lowest BCUT2D eigenvalue weighted by atomic mass is 9.46. The van der Waals surface area contributed by atoms with Gasteiger partial charge in [-0.25, -0.2) is 0 Å². The molecular weight excluding hydrogens is 272 g/mol. The molecule has 1 saturated carbocycles. The summed E-state index contributed by atoms with van der Waals surface area (Å²) in [4.78, 5) is 12.7. The Bertz CT molecular complexity index is 433. The smallest absolute Gasteiger partial charge is 0.241 e. The van der Waals surface area contributed by atoms with Crippen molar-refractivity contribution >= 4 is 5.91 Å². The molecule has 3 aliphatic rings. The first-order chi connectivity index (χ1) is 9.81. The highest BCUT2D eigenvalue weighted by Gasteiger charge is 2.70. The Morgan fingerprint density at radius 3 is 2.86 bits per heavy atom. The van der Waals surface area contributed by atoms with E-state index in [0.717, 1.165) is 19.4 Å². The number of rotatable bonds is 3. The molecule has 3 fully saturated rings. The SMILES string of the molecule is CC1(C)C2OCCCC2C1(N)C(=O)NCC1(O)CCOC1. The quantitative estimate of drug-likeness (QED) is 0.670. The van der Waals surface area contributed by atoms with Crippen LogP contribution >= 0.6 is 0 Å². The molecule has 0 radical (unpaired) electrons. The van der Waals surface area contributed by atoms with Crippen molar-refractivity contribution in [2.75, 3.05) is 26.4 Å². The van der Waals surface area contributed by atoms with Crippen molar-refractivity contribution < 1.29 is 19.4 Å². The Labute approximate surface area is 125 Å². The fraction of sp³-hybridized carbons (Fsp3) is 0.933. The van der Waals surface area contributed by atoms with Crippen LogP contribution in [0, 0.1) is 11.3 Å². The molecule has 0 spiro atoms. The first-order valence-corrected chi connectivity index (χ1v) is 7.80. The minimum Gasteiger partial charge on any atom is -0.386 e. The molecule has 6 nitrogen and oxygen atoms in total. The standard InChI is InChI=1S/C15H26N2O4/c1-13(2)11-10(4-3-6-21-11)15(13,16)12(18)17-8-14(19)5-7-20-9-14/h10-11,19H,3-9,16H2,1-2H3,(H,17,18). The average Bonchev–Trinajstić information content (AvgIpc) is 2.91. The van der Waals surface area contributed by atoms with E-state index in [-0.39, 0.29) is 31.1 Å². The third-order valence-electron chi connectivity index (χ3n) is 5.72. The van der Waals surface area contributed by atoms with Crippen LogP contribution in [-0.2, 0) is 14.3 Å². The van der Waals surface area contributed by atoms with Crippen molar-refractivity contribution in [3.8, 4) is 0 Å². The van der Waals surface area contributed by atoms with Gasteiger partial charge in [0.15, 0.2) is 0 Å². The third-order valence-corrected chi connectivity index (χ3v) is 5.72.